The van der Waals surface area contributed by atoms with Crippen molar-refractivity contribution >= 4 is 23.6 Å². The van der Waals surface area contributed by atoms with Crippen molar-refractivity contribution in [2.45, 2.75) is 57.7 Å². The highest BCUT2D eigenvalue weighted by molar-refractivity contribution is 7.96. The van der Waals surface area contributed by atoms with Crippen LogP contribution in [-0.2, 0) is 11.4 Å². The Morgan fingerprint density at radius 1 is 1.24 bits per heavy atom. The lowest BCUT2D eigenvalue weighted by Gasteiger charge is -2.30. The first-order chi connectivity index (χ1) is 16.5. The fourth-order valence-corrected chi connectivity index (χ4v) is 5.06. The molecule has 1 fully saturated rings. The lowest BCUT2D eigenvalue weighted by molar-refractivity contribution is 0.0244. The van der Waals surface area contributed by atoms with Crippen molar-refractivity contribution in [1.29, 1.82) is 0 Å². The minimum absolute atomic E-state index is 0.0474. The number of oxime groups is 1. The molecule has 8 nitrogen and oxygen atoms in total. The number of ether oxygens (including phenoxy) is 1. The fraction of sp³-hybridized carbons (Fsp3) is 0.500. The van der Waals surface area contributed by atoms with Gasteiger partial charge in [-0.15, -0.1) is 0 Å². The van der Waals surface area contributed by atoms with E-state index in [0.717, 1.165) is 37.0 Å². The molecule has 0 saturated heterocycles. The zero-order valence-corrected chi connectivity index (χ0v) is 20.5. The Labute approximate surface area is 203 Å². The van der Waals surface area contributed by atoms with Gasteiger partial charge >= 0.3 is 0 Å². The van der Waals surface area contributed by atoms with Crippen molar-refractivity contribution < 1.29 is 18.8 Å². The third-order valence-electron chi connectivity index (χ3n) is 6.31. The Hall–Kier alpha value is -2.72. The smallest absolute Gasteiger partial charge is 0.270 e. The van der Waals surface area contributed by atoms with Crippen LogP contribution in [0.25, 0.3) is 0 Å². The van der Waals surface area contributed by atoms with Crippen molar-refractivity contribution in [2.75, 3.05) is 13.4 Å². The summed E-state index contributed by atoms with van der Waals surface area (Å²) < 4.78 is 22.1. The predicted octanol–water partition coefficient (Wildman–Crippen LogP) is 3.78. The molecule has 34 heavy (non-hydrogen) atoms. The predicted molar refractivity (Wildman–Crippen MR) is 129 cm³/mol. The number of methoxy groups -OCH3 is 1. The summed E-state index contributed by atoms with van der Waals surface area (Å²) in [6.07, 6.45) is 7.27. The average Bonchev–Trinajstić information content (AvgIpc) is 3.34. The van der Waals surface area contributed by atoms with Gasteiger partial charge in [-0.2, -0.15) is 0 Å². The number of hydrogen-bond donors (Lipinski definition) is 2. The number of rotatable bonds is 8. The molecule has 182 valence electrons. The number of aryl methyl sites for hydroxylation is 1. The topological polar surface area (TPSA) is 97.7 Å². The molecular weight excluding hydrogens is 457 g/mol. The lowest BCUT2D eigenvalue weighted by atomic mass is 9.81. The van der Waals surface area contributed by atoms with Crippen LogP contribution in [0.5, 0.6) is 5.75 Å². The molecule has 0 spiro atoms. The quantitative estimate of drug-likeness (QED) is 0.547. The van der Waals surface area contributed by atoms with Gasteiger partial charge in [0.15, 0.2) is 11.6 Å². The summed E-state index contributed by atoms with van der Waals surface area (Å²) in [6, 6.07) is 6.69. The van der Waals surface area contributed by atoms with Gasteiger partial charge < -0.3 is 14.9 Å². The first kappa shape index (κ1) is 24.4. The highest BCUT2D eigenvalue weighted by Gasteiger charge is 2.34. The average molecular weight is 488 g/mol. The number of nitrogens with zero attached hydrogens (tertiary/aromatic N) is 3. The number of amides is 1. The van der Waals surface area contributed by atoms with E-state index in [9.17, 15) is 9.18 Å². The molecular formula is C24H30FN5O3S. The zero-order valence-electron chi connectivity index (χ0n) is 19.6. The van der Waals surface area contributed by atoms with E-state index in [1.807, 2.05) is 0 Å². The van der Waals surface area contributed by atoms with Gasteiger partial charge in [-0.25, -0.2) is 14.4 Å². The summed E-state index contributed by atoms with van der Waals surface area (Å²) in [7, 11) is 1.40. The second-order valence-electron chi connectivity index (χ2n) is 8.66. The maximum atomic E-state index is 13.6. The van der Waals surface area contributed by atoms with Crippen molar-refractivity contribution in [3.63, 3.8) is 0 Å². The summed E-state index contributed by atoms with van der Waals surface area (Å²) in [5.41, 5.74) is 2.33. The van der Waals surface area contributed by atoms with Gasteiger partial charge in [-0.3, -0.25) is 9.52 Å². The molecule has 2 heterocycles. The van der Waals surface area contributed by atoms with E-state index >= 15 is 0 Å². The number of carbonyl (C=O) groups is 1. The molecule has 0 radical (unpaired) electrons. The largest absolute Gasteiger partial charge is 0.494 e. The minimum Gasteiger partial charge on any atom is -0.494 e. The van der Waals surface area contributed by atoms with Gasteiger partial charge in [0.25, 0.3) is 5.91 Å². The molecule has 2 aliphatic rings. The lowest BCUT2D eigenvalue weighted by Crippen LogP contribution is -2.33. The summed E-state index contributed by atoms with van der Waals surface area (Å²) in [5.74, 6) is 0.303. The van der Waals surface area contributed by atoms with E-state index in [0.29, 0.717) is 29.9 Å². The van der Waals surface area contributed by atoms with E-state index in [4.69, 9.17) is 9.57 Å². The fourth-order valence-electron chi connectivity index (χ4n) is 4.49. The Balaban J connectivity index is 1.37. The number of aromatic nitrogens is 2. The number of nitrogens with one attached hydrogen (secondary N) is 2. The normalized spacial score (nSPS) is 22.1. The molecule has 1 unspecified atom stereocenters. The molecule has 1 atom stereocenters. The van der Waals surface area contributed by atoms with Crippen molar-refractivity contribution in [1.82, 2.24) is 20.0 Å². The monoisotopic (exact) mass is 487 g/mol. The van der Waals surface area contributed by atoms with Crippen LogP contribution in [0, 0.1) is 18.7 Å². The van der Waals surface area contributed by atoms with Crippen LogP contribution in [0.3, 0.4) is 0 Å². The molecule has 1 aromatic heterocycles. The van der Waals surface area contributed by atoms with Gasteiger partial charge in [0.2, 0.25) is 0 Å². The Kier molecular flexibility index (Phi) is 7.99. The van der Waals surface area contributed by atoms with Crippen LogP contribution >= 0.6 is 11.9 Å². The highest BCUT2D eigenvalue weighted by atomic mass is 32.2. The van der Waals surface area contributed by atoms with Gasteiger partial charge in [-0.05, 0) is 68.5 Å². The van der Waals surface area contributed by atoms with E-state index in [-0.39, 0.29) is 30.0 Å². The standard InChI is InChI=1S/C24H30FN5O3S/c1-14-27-19(20-12-22(33-29-20)16-5-7-17(8-6-16)30-34-3)11-21(28-14)24(31)26-13-15-4-9-18(25)23(10-15)32-2/h4,9-11,16-17,22,30H,5-8,12-13H2,1-3H3,(H,26,31). The Morgan fingerprint density at radius 3 is 2.76 bits per heavy atom. The van der Waals surface area contributed by atoms with Crippen molar-refractivity contribution in [3.8, 4) is 5.75 Å². The third-order valence-corrected chi connectivity index (χ3v) is 6.88. The zero-order chi connectivity index (χ0) is 24.1. The van der Waals surface area contributed by atoms with Gasteiger partial charge in [-0.1, -0.05) is 23.2 Å². The van der Waals surface area contributed by atoms with E-state index in [1.165, 1.54) is 13.2 Å². The molecule has 1 amide bonds. The number of benzene rings is 1. The van der Waals surface area contributed by atoms with Crippen LogP contribution in [0.1, 0.15) is 59.7 Å². The Bertz CT molecular complexity index is 1060. The van der Waals surface area contributed by atoms with Gasteiger partial charge in [0, 0.05) is 19.0 Å². The molecule has 2 N–H and O–H groups in total. The Morgan fingerprint density at radius 2 is 2.03 bits per heavy atom. The number of hydrogen-bond acceptors (Lipinski definition) is 8. The van der Waals surface area contributed by atoms with Crippen LogP contribution in [0.4, 0.5) is 4.39 Å². The molecule has 1 aliphatic heterocycles. The van der Waals surface area contributed by atoms with Crippen LogP contribution < -0.4 is 14.8 Å². The molecule has 1 aliphatic carbocycles. The van der Waals surface area contributed by atoms with Crippen molar-refractivity contribution in [3.05, 3.63) is 52.9 Å². The summed E-state index contributed by atoms with van der Waals surface area (Å²) in [6.45, 7) is 1.97. The SMILES string of the molecule is COc1cc(CNC(=O)c2cc(C3=NOC(C4CCC(NSC)CC4)C3)nc(C)n2)ccc1F. The van der Waals surface area contributed by atoms with Crippen LogP contribution in [0.2, 0.25) is 0 Å². The van der Waals surface area contributed by atoms with Gasteiger partial charge in [0.05, 0.1) is 12.8 Å². The summed E-state index contributed by atoms with van der Waals surface area (Å²) in [4.78, 5) is 27.3. The number of carbonyl (C=O) groups excluding carboxylic acids is 1. The minimum atomic E-state index is -0.448. The van der Waals surface area contributed by atoms with E-state index in [1.54, 1.807) is 37.1 Å². The van der Waals surface area contributed by atoms with Crippen LogP contribution in [-0.4, -0.2) is 47.1 Å². The maximum absolute atomic E-state index is 13.6. The van der Waals surface area contributed by atoms with Crippen LogP contribution in [0.15, 0.2) is 29.4 Å². The third kappa shape index (κ3) is 5.85. The molecule has 4 rings (SSSR count). The molecule has 1 aromatic carbocycles. The second kappa shape index (κ2) is 11.1. The first-order valence-corrected chi connectivity index (χ1v) is 12.7. The number of halogens is 1. The summed E-state index contributed by atoms with van der Waals surface area (Å²) in [5, 5.41) is 7.13. The highest BCUT2D eigenvalue weighted by Crippen LogP contribution is 2.33. The second-order valence-corrected chi connectivity index (χ2v) is 9.30. The van der Waals surface area contributed by atoms with E-state index in [2.05, 4.69) is 31.4 Å². The molecule has 10 heteroatoms. The summed E-state index contributed by atoms with van der Waals surface area (Å²) >= 11 is 1.68. The van der Waals surface area contributed by atoms with Crippen molar-refractivity contribution in [2.24, 2.45) is 11.1 Å². The maximum Gasteiger partial charge on any atom is 0.270 e. The molecule has 1 saturated carbocycles. The molecule has 2 aromatic rings. The van der Waals surface area contributed by atoms with E-state index < -0.39 is 5.82 Å². The molecule has 0 bridgehead atoms. The first-order valence-electron chi connectivity index (χ1n) is 11.4. The van der Waals surface area contributed by atoms with Gasteiger partial charge in [0.1, 0.15) is 23.3 Å².